The van der Waals surface area contributed by atoms with Gasteiger partial charge in [0.2, 0.25) is 0 Å². The van der Waals surface area contributed by atoms with Crippen LogP contribution in [0, 0.1) is 0 Å². The zero-order chi connectivity index (χ0) is 19.5. The molecule has 0 bridgehead atoms. The molecule has 1 aromatic carbocycles. The number of aryl methyl sites for hydroxylation is 1. The van der Waals surface area contributed by atoms with Crippen molar-refractivity contribution < 1.29 is 5.11 Å². The van der Waals surface area contributed by atoms with E-state index >= 15 is 0 Å². The highest BCUT2D eigenvalue weighted by atomic mass is 127. The molecule has 1 aliphatic rings. The third kappa shape index (κ3) is 5.61. The van der Waals surface area contributed by atoms with Crippen molar-refractivity contribution in [2.45, 2.75) is 37.7 Å². The molecule has 0 aliphatic heterocycles. The summed E-state index contributed by atoms with van der Waals surface area (Å²) in [5.74, 6) is 0.704. The van der Waals surface area contributed by atoms with Crippen LogP contribution in [0.15, 0.2) is 41.7 Å². The summed E-state index contributed by atoms with van der Waals surface area (Å²) in [4.78, 5) is 4.59. The zero-order valence-electron chi connectivity index (χ0n) is 16.6. The van der Waals surface area contributed by atoms with Crippen LogP contribution >= 0.6 is 35.6 Å². The summed E-state index contributed by atoms with van der Waals surface area (Å²) in [7, 11) is 1.83. The Kier molecular flexibility index (Phi) is 7.75. The van der Waals surface area contributed by atoms with Gasteiger partial charge in [-0.15, -0.1) is 24.0 Å². The first kappa shape index (κ1) is 23.0. The van der Waals surface area contributed by atoms with Crippen LogP contribution in [0.4, 0.5) is 0 Å². The summed E-state index contributed by atoms with van der Waals surface area (Å²) >= 11 is 6.16. The normalized spacial score (nSPS) is 17.4. The topological polar surface area (TPSA) is 74.5 Å². The average Bonchev–Trinajstić information content (AvgIpc) is 3.30. The number of benzene rings is 1. The highest BCUT2D eigenvalue weighted by Crippen LogP contribution is 2.48. The molecule has 8 heteroatoms. The SMILES string of the molecule is CCNC(=NCC(C)(O)c1cnn(C)c1)NCC1(c2cccc(Cl)c2)CC1.I. The monoisotopic (exact) mass is 517 g/mol. The summed E-state index contributed by atoms with van der Waals surface area (Å²) in [6, 6.07) is 8.09. The Hall–Kier alpha value is -1.32. The van der Waals surface area contributed by atoms with Crippen LogP contribution in [0.2, 0.25) is 5.02 Å². The van der Waals surface area contributed by atoms with Gasteiger partial charge in [0.15, 0.2) is 5.96 Å². The molecule has 0 radical (unpaired) electrons. The predicted molar refractivity (Wildman–Crippen MR) is 125 cm³/mol. The maximum absolute atomic E-state index is 10.7. The molecular weight excluding hydrogens is 489 g/mol. The lowest BCUT2D eigenvalue weighted by Gasteiger charge is -2.22. The second-order valence-corrected chi connectivity index (χ2v) is 7.95. The number of aliphatic imine (C=N–C) groups is 1. The summed E-state index contributed by atoms with van der Waals surface area (Å²) in [5.41, 5.74) is 1.07. The van der Waals surface area contributed by atoms with Crippen LogP contribution in [0.3, 0.4) is 0 Å². The summed E-state index contributed by atoms with van der Waals surface area (Å²) < 4.78 is 1.68. The third-order valence-electron chi connectivity index (χ3n) is 5.10. The molecule has 3 rings (SSSR count). The lowest BCUT2D eigenvalue weighted by atomic mass is 9.96. The largest absolute Gasteiger partial charge is 0.383 e. The van der Waals surface area contributed by atoms with Gasteiger partial charge in [0.25, 0.3) is 0 Å². The minimum absolute atomic E-state index is 0. The van der Waals surface area contributed by atoms with E-state index in [-0.39, 0.29) is 35.9 Å². The van der Waals surface area contributed by atoms with Crippen LogP contribution in [0.1, 0.15) is 37.8 Å². The maximum Gasteiger partial charge on any atom is 0.191 e. The van der Waals surface area contributed by atoms with Gasteiger partial charge in [-0.05, 0) is 44.4 Å². The minimum Gasteiger partial charge on any atom is -0.383 e. The molecule has 1 saturated carbocycles. The van der Waals surface area contributed by atoms with Gasteiger partial charge in [-0.3, -0.25) is 4.68 Å². The standard InChI is InChI=1S/C20H28ClN5O.HI/c1-4-22-18(23-13-19(2,27)16-11-25-26(3)12-16)24-14-20(8-9-20)15-6-5-7-17(21)10-15;/h5-7,10-12,27H,4,8-9,13-14H2,1-3H3,(H2,22,23,24);1H. The van der Waals surface area contributed by atoms with Crippen LogP contribution in [0.5, 0.6) is 0 Å². The fraction of sp³-hybridized carbons (Fsp3) is 0.500. The number of aliphatic hydroxyl groups is 1. The number of hydrogen-bond acceptors (Lipinski definition) is 3. The lowest BCUT2D eigenvalue weighted by molar-refractivity contribution is 0.0672. The first-order valence-corrected chi connectivity index (χ1v) is 9.72. The van der Waals surface area contributed by atoms with Gasteiger partial charge in [0.1, 0.15) is 5.60 Å². The Morgan fingerprint density at radius 2 is 2.14 bits per heavy atom. The molecular formula is C20H29ClIN5O. The maximum atomic E-state index is 10.7. The summed E-state index contributed by atoms with van der Waals surface area (Å²) in [6.45, 7) is 5.57. The van der Waals surface area contributed by atoms with Crippen molar-refractivity contribution in [1.29, 1.82) is 0 Å². The molecule has 3 N–H and O–H groups in total. The first-order valence-electron chi connectivity index (χ1n) is 9.34. The fourth-order valence-corrected chi connectivity index (χ4v) is 3.35. The van der Waals surface area contributed by atoms with Crippen molar-refractivity contribution in [3.05, 3.63) is 52.8 Å². The molecule has 2 aromatic rings. The number of nitrogens with one attached hydrogen (secondary N) is 2. The van der Waals surface area contributed by atoms with Crippen LogP contribution < -0.4 is 10.6 Å². The van der Waals surface area contributed by atoms with Crippen molar-refractivity contribution in [1.82, 2.24) is 20.4 Å². The second-order valence-electron chi connectivity index (χ2n) is 7.52. The van der Waals surface area contributed by atoms with E-state index in [0.717, 1.165) is 36.5 Å². The molecule has 0 amide bonds. The first-order chi connectivity index (χ1) is 12.8. The summed E-state index contributed by atoms with van der Waals surface area (Å²) in [6.07, 6.45) is 5.75. The highest BCUT2D eigenvalue weighted by Gasteiger charge is 2.44. The van der Waals surface area contributed by atoms with Crippen molar-refractivity contribution in [2.75, 3.05) is 19.6 Å². The van der Waals surface area contributed by atoms with Crippen molar-refractivity contribution in [3.8, 4) is 0 Å². The summed E-state index contributed by atoms with van der Waals surface area (Å²) in [5, 5.41) is 22.3. The Bertz CT molecular complexity index is 816. The molecule has 1 aromatic heterocycles. The molecule has 1 aliphatic carbocycles. The van der Waals surface area contributed by atoms with Gasteiger partial charge in [-0.25, -0.2) is 4.99 Å². The average molecular weight is 518 g/mol. The van der Waals surface area contributed by atoms with Crippen molar-refractivity contribution in [2.24, 2.45) is 12.0 Å². The van der Waals surface area contributed by atoms with E-state index in [0.29, 0.717) is 5.96 Å². The van der Waals surface area contributed by atoms with E-state index in [4.69, 9.17) is 11.6 Å². The molecule has 0 saturated heterocycles. The Morgan fingerprint density at radius 1 is 1.39 bits per heavy atom. The van der Waals surface area contributed by atoms with Crippen LogP contribution in [-0.4, -0.2) is 40.5 Å². The number of rotatable bonds is 7. The smallest absolute Gasteiger partial charge is 0.191 e. The molecule has 28 heavy (non-hydrogen) atoms. The Balaban J connectivity index is 0.00000280. The van der Waals surface area contributed by atoms with Crippen LogP contribution in [-0.2, 0) is 18.1 Å². The second kappa shape index (κ2) is 9.45. The molecule has 0 spiro atoms. The highest BCUT2D eigenvalue weighted by molar-refractivity contribution is 14.0. The van der Waals surface area contributed by atoms with Gasteiger partial charge in [-0.2, -0.15) is 5.10 Å². The van der Waals surface area contributed by atoms with Gasteiger partial charge in [-0.1, -0.05) is 23.7 Å². The van der Waals surface area contributed by atoms with Crippen molar-refractivity contribution >= 4 is 41.5 Å². The van der Waals surface area contributed by atoms with Gasteiger partial charge < -0.3 is 15.7 Å². The van der Waals surface area contributed by atoms with Gasteiger partial charge >= 0.3 is 0 Å². The van der Waals surface area contributed by atoms with Crippen LogP contribution in [0.25, 0.3) is 0 Å². The van der Waals surface area contributed by atoms with Crippen molar-refractivity contribution in [3.63, 3.8) is 0 Å². The van der Waals surface area contributed by atoms with E-state index in [1.165, 1.54) is 5.56 Å². The quantitative estimate of drug-likeness (QED) is 0.300. The number of halogens is 2. The molecule has 1 atom stereocenters. The number of hydrogen-bond donors (Lipinski definition) is 3. The minimum atomic E-state index is -1.07. The molecule has 154 valence electrons. The van der Waals surface area contributed by atoms with Gasteiger partial charge in [0.05, 0.1) is 12.7 Å². The van der Waals surface area contributed by atoms with Gasteiger partial charge in [0, 0.05) is 42.3 Å². The fourth-order valence-electron chi connectivity index (χ4n) is 3.16. The molecule has 6 nitrogen and oxygen atoms in total. The van der Waals surface area contributed by atoms with E-state index < -0.39 is 5.60 Å². The van der Waals surface area contributed by atoms with E-state index in [1.807, 2.05) is 38.4 Å². The number of nitrogens with zero attached hydrogens (tertiary/aromatic N) is 3. The number of aromatic nitrogens is 2. The number of guanidine groups is 1. The zero-order valence-corrected chi connectivity index (χ0v) is 19.7. The van der Waals surface area contributed by atoms with E-state index in [9.17, 15) is 5.11 Å². The predicted octanol–water partition coefficient (Wildman–Crippen LogP) is 3.19. The Morgan fingerprint density at radius 3 is 2.71 bits per heavy atom. The van der Waals surface area contributed by atoms with E-state index in [2.05, 4.69) is 26.8 Å². The molecule has 1 heterocycles. The molecule has 1 unspecified atom stereocenters. The lowest BCUT2D eigenvalue weighted by Crippen LogP contribution is -2.42. The van der Waals surface area contributed by atoms with E-state index in [1.54, 1.807) is 17.8 Å². The Labute approximate surface area is 188 Å². The molecule has 1 fully saturated rings. The third-order valence-corrected chi connectivity index (χ3v) is 5.34.